The molecule has 0 bridgehead atoms. The number of aliphatic hydroxyl groups is 1. The number of carbonyl (C=O) groups excluding carboxylic acids is 1. The van der Waals surface area contributed by atoms with Crippen LogP contribution >= 0.6 is 0 Å². The summed E-state index contributed by atoms with van der Waals surface area (Å²) in [4.78, 5) is 22.4. The first-order valence-corrected chi connectivity index (χ1v) is 5.69. The number of aliphatic hydroxyl groups excluding tert-OH is 1. The lowest BCUT2D eigenvalue weighted by Crippen LogP contribution is -2.31. The molecule has 0 heterocycles. The zero-order valence-corrected chi connectivity index (χ0v) is 10.2. The van der Waals surface area contributed by atoms with Crippen molar-refractivity contribution in [1.82, 2.24) is 0 Å². The fourth-order valence-electron chi connectivity index (χ4n) is 1.46. The van der Waals surface area contributed by atoms with Gasteiger partial charge in [-0.25, -0.2) is 4.79 Å². The van der Waals surface area contributed by atoms with Crippen LogP contribution in [-0.4, -0.2) is 34.5 Å². The fraction of sp³-hybridized carbons (Fsp3) is 0.308. The zero-order valence-electron chi connectivity index (χ0n) is 10.2. The molecule has 0 aliphatic heterocycles. The Morgan fingerprint density at radius 3 is 2.42 bits per heavy atom. The third-order valence-electron chi connectivity index (χ3n) is 2.50. The van der Waals surface area contributed by atoms with E-state index < -0.39 is 30.2 Å². The Hall–Kier alpha value is -2.21. The molecule has 0 unspecified atom stereocenters. The minimum Gasteiger partial charge on any atom is -0.481 e. The molecule has 102 valence electrons. The predicted octanol–water partition coefficient (Wildman–Crippen LogP) is 0.833. The topological polar surface area (TPSA) is 108 Å². The maximum atomic E-state index is 11.5. The van der Waals surface area contributed by atoms with E-state index in [1.54, 1.807) is 24.3 Å². The van der Waals surface area contributed by atoms with Crippen molar-refractivity contribution in [3.05, 3.63) is 35.9 Å². The minimum atomic E-state index is -1.34. The van der Waals surface area contributed by atoms with Gasteiger partial charge in [-0.05, 0) is 12.0 Å². The fourth-order valence-corrected chi connectivity index (χ4v) is 1.46. The SMILES string of the molecule is N=C(C(=O)OCc1ccccc1)[C@@H](CCO)C(=O)O. The molecule has 0 aliphatic carbocycles. The molecule has 19 heavy (non-hydrogen) atoms. The van der Waals surface area contributed by atoms with E-state index in [0.717, 1.165) is 5.56 Å². The summed E-state index contributed by atoms with van der Waals surface area (Å²) < 4.78 is 4.86. The summed E-state index contributed by atoms with van der Waals surface area (Å²) in [5, 5.41) is 25.0. The third kappa shape index (κ3) is 4.51. The molecule has 0 aliphatic rings. The van der Waals surface area contributed by atoms with Gasteiger partial charge >= 0.3 is 11.9 Å². The van der Waals surface area contributed by atoms with Gasteiger partial charge in [-0.1, -0.05) is 30.3 Å². The van der Waals surface area contributed by atoms with Gasteiger partial charge < -0.3 is 14.9 Å². The molecular weight excluding hydrogens is 250 g/mol. The summed E-state index contributed by atoms with van der Waals surface area (Å²) >= 11 is 0. The largest absolute Gasteiger partial charge is 0.481 e. The second-order valence-corrected chi connectivity index (χ2v) is 3.88. The van der Waals surface area contributed by atoms with Crippen LogP contribution in [0.4, 0.5) is 0 Å². The van der Waals surface area contributed by atoms with Crippen LogP contribution in [0.2, 0.25) is 0 Å². The first-order valence-electron chi connectivity index (χ1n) is 5.69. The van der Waals surface area contributed by atoms with Crippen molar-refractivity contribution in [2.45, 2.75) is 13.0 Å². The van der Waals surface area contributed by atoms with Crippen molar-refractivity contribution in [1.29, 1.82) is 5.41 Å². The molecule has 1 aromatic carbocycles. The van der Waals surface area contributed by atoms with Crippen molar-refractivity contribution >= 4 is 17.7 Å². The molecule has 0 aromatic heterocycles. The number of hydrogen-bond donors (Lipinski definition) is 3. The van der Waals surface area contributed by atoms with Crippen molar-refractivity contribution < 1.29 is 24.5 Å². The van der Waals surface area contributed by atoms with Gasteiger partial charge in [0.25, 0.3) is 0 Å². The van der Waals surface area contributed by atoms with Gasteiger partial charge in [-0.15, -0.1) is 0 Å². The number of carboxylic acids is 1. The molecule has 0 fully saturated rings. The van der Waals surface area contributed by atoms with E-state index in [2.05, 4.69) is 0 Å². The van der Waals surface area contributed by atoms with Gasteiger partial charge in [0.2, 0.25) is 0 Å². The summed E-state index contributed by atoms with van der Waals surface area (Å²) in [7, 11) is 0. The predicted molar refractivity (Wildman–Crippen MR) is 66.8 cm³/mol. The summed E-state index contributed by atoms with van der Waals surface area (Å²) in [6, 6.07) is 8.87. The summed E-state index contributed by atoms with van der Waals surface area (Å²) in [6.07, 6.45) is -0.186. The van der Waals surface area contributed by atoms with E-state index in [0.29, 0.717) is 0 Å². The molecular formula is C13H15NO5. The Kier molecular flexibility index (Phi) is 5.69. The number of rotatable bonds is 7. The highest BCUT2D eigenvalue weighted by molar-refractivity contribution is 6.39. The Morgan fingerprint density at radius 2 is 1.89 bits per heavy atom. The molecule has 0 saturated heterocycles. The maximum Gasteiger partial charge on any atom is 0.353 e. The Bertz CT molecular complexity index is 457. The number of benzene rings is 1. The van der Waals surface area contributed by atoms with E-state index in [9.17, 15) is 9.59 Å². The van der Waals surface area contributed by atoms with E-state index in [1.165, 1.54) is 0 Å². The first-order chi connectivity index (χ1) is 9.06. The van der Waals surface area contributed by atoms with E-state index in [4.69, 9.17) is 20.4 Å². The molecule has 0 amide bonds. The maximum absolute atomic E-state index is 11.5. The van der Waals surface area contributed by atoms with Crippen LogP contribution in [0.3, 0.4) is 0 Å². The molecule has 0 saturated carbocycles. The Labute approximate surface area is 110 Å². The highest BCUT2D eigenvalue weighted by Gasteiger charge is 2.28. The van der Waals surface area contributed by atoms with Gasteiger partial charge in [0.1, 0.15) is 18.2 Å². The van der Waals surface area contributed by atoms with E-state index in [1.807, 2.05) is 6.07 Å². The van der Waals surface area contributed by atoms with Crippen molar-refractivity contribution in [3.8, 4) is 0 Å². The Balaban J connectivity index is 2.57. The summed E-state index contributed by atoms with van der Waals surface area (Å²) in [5.74, 6) is -3.64. The average molecular weight is 265 g/mol. The second-order valence-electron chi connectivity index (χ2n) is 3.88. The number of aliphatic carboxylic acids is 1. The van der Waals surface area contributed by atoms with Crippen LogP contribution in [0.25, 0.3) is 0 Å². The smallest absolute Gasteiger partial charge is 0.353 e. The highest BCUT2D eigenvalue weighted by atomic mass is 16.5. The van der Waals surface area contributed by atoms with Gasteiger partial charge in [0.15, 0.2) is 0 Å². The van der Waals surface area contributed by atoms with Crippen molar-refractivity contribution in [2.75, 3.05) is 6.61 Å². The van der Waals surface area contributed by atoms with Gasteiger partial charge in [-0.3, -0.25) is 10.2 Å². The first kappa shape index (κ1) is 14.8. The lowest BCUT2D eigenvalue weighted by Gasteiger charge is -2.11. The standard InChI is InChI=1S/C13H15NO5/c14-11(10(6-7-15)12(16)17)13(18)19-8-9-4-2-1-3-5-9/h1-5,10,14-15H,6-8H2,(H,16,17)/t10-/m1/s1. The number of carbonyl (C=O) groups is 2. The molecule has 1 atom stereocenters. The molecule has 1 rings (SSSR count). The monoisotopic (exact) mass is 265 g/mol. The lowest BCUT2D eigenvalue weighted by molar-refractivity contribution is -0.143. The van der Waals surface area contributed by atoms with Gasteiger partial charge in [-0.2, -0.15) is 0 Å². The van der Waals surface area contributed by atoms with E-state index in [-0.39, 0.29) is 13.0 Å². The number of carboxylic acid groups (broad SMARTS) is 1. The van der Waals surface area contributed by atoms with Crippen LogP contribution in [0.1, 0.15) is 12.0 Å². The molecule has 6 heteroatoms. The molecule has 0 radical (unpaired) electrons. The van der Waals surface area contributed by atoms with Crippen LogP contribution in [0.5, 0.6) is 0 Å². The second kappa shape index (κ2) is 7.27. The van der Waals surface area contributed by atoms with Crippen molar-refractivity contribution in [2.24, 2.45) is 5.92 Å². The van der Waals surface area contributed by atoms with E-state index >= 15 is 0 Å². The Morgan fingerprint density at radius 1 is 1.26 bits per heavy atom. The quantitative estimate of drug-likeness (QED) is 0.500. The highest BCUT2D eigenvalue weighted by Crippen LogP contribution is 2.08. The van der Waals surface area contributed by atoms with Gasteiger partial charge in [0.05, 0.1) is 0 Å². The molecule has 6 nitrogen and oxygen atoms in total. The minimum absolute atomic E-state index is 0.0203. The molecule has 3 N–H and O–H groups in total. The van der Waals surface area contributed by atoms with Crippen LogP contribution in [0, 0.1) is 11.3 Å². The average Bonchev–Trinajstić information content (AvgIpc) is 2.42. The molecule has 0 spiro atoms. The van der Waals surface area contributed by atoms with Gasteiger partial charge in [0, 0.05) is 6.61 Å². The lowest BCUT2D eigenvalue weighted by atomic mass is 10.0. The number of nitrogens with one attached hydrogen (secondary N) is 1. The molecule has 1 aromatic rings. The normalized spacial score (nSPS) is 11.6. The summed E-state index contributed by atoms with van der Waals surface area (Å²) in [6.45, 7) is -0.432. The van der Waals surface area contributed by atoms with Crippen LogP contribution < -0.4 is 0 Å². The van der Waals surface area contributed by atoms with Crippen LogP contribution in [-0.2, 0) is 20.9 Å². The number of esters is 1. The third-order valence-corrected chi connectivity index (χ3v) is 2.50. The van der Waals surface area contributed by atoms with Crippen molar-refractivity contribution in [3.63, 3.8) is 0 Å². The van der Waals surface area contributed by atoms with Crippen LogP contribution in [0.15, 0.2) is 30.3 Å². The number of hydrogen-bond acceptors (Lipinski definition) is 5. The summed E-state index contributed by atoms with van der Waals surface area (Å²) in [5.41, 5.74) is 0.0927. The number of ether oxygens (including phenoxy) is 1. The zero-order chi connectivity index (χ0) is 14.3.